The van der Waals surface area contributed by atoms with Crippen molar-refractivity contribution in [2.75, 3.05) is 25.1 Å². The Bertz CT molecular complexity index is 1200. The highest BCUT2D eigenvalue weighted by atomic mass is 35.5. The van der Waals surface area contributed by atoms with Crippen molar-refractivity contribution in [2.24, 2.45) is 4.99 Å². The summed E-state index contributed by atoms with van der Waals surface area (Å²) in [5.74, 6) is 0.536. The second-order valence-corrected chi connectivity index (χ2v) is 10.7. The van der Waals surface area contributed by atoms with Crippen molar-refractivity contribution in [3.05, 3.63) is 58.6 Å². The lowest BCUT2D eigenvalue weighted by Crippen LogP contribution is -2.48. The molecule has 2 aliphatic heterocycles. The molecule has 4 rings (SSSR count). The number of nitrogens with one attached hydrogen (secondary N) is 4. The second-order valence-electron chi connectivity index (χ2n) is 10.2. The Morgan fingerprint density at radius 3 is 2.47 bits per heavy atom. The van der Waals surface area contributed by atoms with Crippen molar-refractivity contribution >= 4 is 35.0 Å². The topological polar surface area (TPSA) is 116 Å². The summed E-state index contributed by atoms with van der Waals surface area (Å²) in [6, 6.07) is 13.0. The highest BCUT2D eigenvalue weighted by molar-refractivity contribution is 6.30. The molecule has 2 heterocycles. The van der Waals surface area contributed by atoms with Crippen LogP contribution in [-0.2, 0) is 9.53 Å². The molecule has 38 heavy (non-hydrogen) atoms. The maximum atomic E-state index is 13.0. The number of fused-ring (bicyclic) bond motifs is 3. The van der Waals surface area contributed by atoms with E-state index in [-0.39, 0.29) is 37.7 Å². The van der Waals surface area contributed by atoms with E-state index in [9.17, 15) is 9.59 Å². The molecular formula is C27H35ClN6O4. The third kappa shape index (κ3) is 6.56. The number of halogens is 1. The molecule has 11 heteroatoms. The normalized spacial score (nSPS) is 20.5. The maximum absolute atomic E-state index is 13.0. The fourth-order valence-electron chi connectivity index (χ4n) is 4.53. The number of hydrazine groups is 1. The molecule has 2 aliphatic rings. The van der Waals surface area contributed by atoms with Crippen molar-refractivity contribution in [2.45, 2.75) is 58.1 Å². The molecule has 2 amide bonds. The number of amides is 2. The molecule has 2 aromatic rings. The molecule has 0 radical (unpaired) electrons. The fraction of sp³-hybridized carbons (Fsp3) is 0.444. The van der Waals surface area contributed by atoms with E-state index in [1.54, 1.807) is 27.9 Å². The van der Waals surface area contributed by atoms with Crippen LogP contribution in [0.1, 0.15) is 45.2 Å². The average Bonchev–Trinajstić information content (AvgIpc) is 3.18. The molecular weight excluding hydrogens is 508 g/mol. The highest BCUT2D eigenvalue weighted by Gasteiger charge is 2.40. The lowest BCUT2D eigenvalue weighted by Gasteiger charge is -2.31. The molecule has 3 atom stereocenters. The van der Waals surface area contributed by atoms with E-state index in [1.165, 1.54) is 0 Å². The summed E-state index contributed by atoms with van der Waals surface area (Å²) in [5, 5.41) is 6.16. The average molecular weight is 543 g/mol. The molecule has 1 fully saturated rings. The fourth-order valence-corrected chi connectivity index (χ4v) is 4.65. The van der Waals surface area contributed by atoms with Crippen LogP contribution in [0.15, 0.2) is 47.5 Å². The van der Waals surface area contributed by atoms with Crippen LogP contribution in [0, 0.1) is 0 Å². The van der Waals surface area contributed by atoms with Crippen molar-refractivity contribution in [1.82, 2.24) is 21.5 Å². The number of hydrogen-bond acceptors (Lipinski definition) is 8. The molecule has 0 saturated carbocycles. The number of methoxy groups -OCH3 is 1. The molecule has 0 aliphatic carbocycles. The van der Waals surface area contributed by atoms with Crippen LogP contribution in [-0.4, -0.2) is 61.9 Å². The predicted molar refractivity (Wildman–Crippen MR) is 148 cm³/mol. The number of benzene rings is 2. The zero-order valence-electron chi connectivity index (χ0n) is 22.3. The van der Waals surface area contributed by atoms with Gasteiger partial charge in [-0.25, -0.2) is 15.6 Å². The first-order valence-corrected chi connectivity index (χ1v) is 13.0. The van der Waals surface area contributed by atoms with Crippen LogP contribution in [0.5, 0.6) is 5.75 Å². The summed E-state index contributed by atoms with van der Waals surface area (Å²) in [5.41, 5.74) is 9.52. The summed E-state index contributed by atoms with van der Waals surface area (Å²) < 4.78 is 10.8. The van der Waals surface area contributed by atoms with E-state index < -0.39 is 17.7 Å². The van der Waals surface area contributed by atoms with Gasteiger partial charge in [-0.15, -0.1) is 0 Å². The van der Waals surface area contributed by atoms with E-state index in [0.717, 1.165) is 22.5 Å². The number of ether oxygens (including phenoxy) is 2. The highest BCUT2D eigenvalue weighted by Crippen LogP contribution is 2.36. The molecule has 0 bridgehead atoms. The Kier molecular flexibility index (Phi) is 8.44. The van der Waals surface area contributed by atoms with Crippen LogP contribution < -0.4 is 31.1 Å². The van der Waals surface area contributed by atoms with E-state index >= 15 is 0 Å². The SMILES string of the molecule is COc1ccc2c(c1)C(c1ccc(Cl)cc1)=N[C@@H](CC(=O)NCCNC(=O)OC(C)(C)C)C1NNC(C)N21. The standard InChI is InChI=1S/C27H35ClN6O4/c1-16-32-33-25-21(15-23(35)29-12-13-30-26(36)38-27(2,3)4)31-24(17-6-8-18(28)9-7-17)20-14-19(37-5)10-11-22(20)34(16)25/h6-11,14,16,21,25,32-33H,12-13,15H2,1-5H3,(H,29,35)(H,30,36)/t16?,21-,25?/m0/s1. The molecule has 4 N–H and O–H groups in total. The van der Waals surface area contributed by atoms with E-state index in [1.807, 2.05) is 49.4 Å². The second kappa shape index (κ2) is 11.6. The molecule has 2 unspecified atom stereocenters. The Balaban J connectivity index is 1.57. The Labute approximate surface area is 228 Å². The molecule has 204 valence electrons. The van der Waals surface area contributed by atoms with Crippen LogP contribution in [0.4, 0.5) is 10.5 Å². The van der Waals surface area contributed by atoms with Crippen molar-refractivity contribution < 1.29 is 19.1 Å². The van der Waals surface area contributed by atoms with Gasteiger partial charge in [0.05, 0.1) is 31.4 Å². The van der Waals surface area contributed by atoms with Gasteiger partial charge in [0, 0.05) is 34.9 Å². The Morgan fingerprint density at radius 2 is 1.79 bits per heavy atom. The number of nitrogens with zero attached hydrogens (tertiary/aromatic N) is 2. The smallest absolute Gasteiger partial charge is 0.407 e. The van der Waals surface area contributed by atoms with E-state index in [4.69, 9.17) is 26.1 Å². The van der Waals surface area contributed by atoms with Gasteiger partial charge in [0.2, 0.25) is 5.91 Å². The number of rotatable bonds is 7. The van der Waals surface area contributed by atoms with Gasteiger partial charge in [-0.2, -0.15) is 0 Å². The van der Waals surface area contributed by atoms with Gasteiger partial charge < -0.3 is 25.0 Å². The monoisotopic (exact) mass is 542 g/mol. The first kappa shape index (κ1) is 27.7. The number of carbonyl (C=O) groups is 2. The number of carbonyl (C=O) groups excluding carboxylic acids is 2. The lowest BCUT2D eigenvalue weighted by molar-refractivity contribution is -0.121. The van der Waals surface area contributed by atoms with Crippen LogP contribution >= 0.6 is 11.6 Å². The van der Waals surface area contributed by atoms with E-state index in [0.29, 0.717) is 10.8 Å². The van der Waals surface area contributed by atoms with Gasteiger partial charge in [0.25, 0.3) is 0 Å². The zero-order chi connectivity index (χ0) is 27.4. The van der Waals surface area contributed by atoms with Gasteiger partial charge in [-0.1, -0.05) is 23.7 Å². The number of hydrogen-bond donors (Lipinski definition) is 4. The van der Waals surface area contributed by atoms with Crippen LogP contribution in [0.25, 0.3) is 0 Å². The number of aliphatic imine (C=N–C) groups is 1. The van der Waals surface area contributed by atoms with Gasteiger partial charge in [-0.05, 0) is 58.0 Å². The predicted octanol–water partition coefficient (Wildman–Crippen LogP) is 3.19. The molecule has 0 spiro atoms. The molecule has 10 nitrogen and oxygen atoms in total. The third-order valence-corrected chi connectivity index (χ3v) is 6.43. The van der Waals surface area contributed by atoms with Crippen molar-refractivity contribution in [3.63, 3.8) is 0 Å². The summed E-state index contributed by atoms with van der Waals surface area (Å²) in [6.45, 7) is 7.96. The number of anilines is 1. The minimum atomic E-state index is -0.584. The minimum Gasteiger partial charge on any atom is -0.497 e. The molecule has 2 aromatic carbocycles. The maximum Gasteiger partial charge on any atom is 0.407 e. The van der Waals surface area contributed by atoms with E-state index in [2.05, 4.69) is 26.4 Å². The Morgan fingerprint density at radius 1 is 1.08 bits per heavy atom. The Hall–Kier alpha value is -3.34. The first-order chi connectivity index (χ1) is 18.1. The zero-order valence-corrected chi connectivity index (χ0v) is 23.1. The van der Waals surface area contributed by atoms with Crippen molar-refractivity contribution in [1.29, 1.82) is 0 Å². The minimum absolute atomic E-state index is 0.0458. The molecule has 0 aromatic heterocycles. The number of alkyl carbamates (subject to hydrolysis) is 1. The van der Waals surface area contributed by atoms with Crippen LogP contribution in [0.3, 0.4) is 0 Å². The quantitative estimate of drug-likeness (QED) is 0.397. The molecule has 1 saturated heterocycles. The summed E-state index contributed by atoms with van der Waals surface area (Å²) >= 11 is 6.16. The van der Waals surface area contributed by atoms with Crippen molar-refractivity contribution in [3.8, 4) is 5.75 Å². The van der Waals surface area contributed by atoms with Gasteiger partial charge in [-0.3, -0.25) is 9.79 Å². The lowest BCUT2D eigenvalue weighted by atomic mass is 9.99. The summed E-state index contributed by atoms with van der Waals surface area (Å²) in [7, 11) is 1.63. The van der Waals surface area contributed by atoms with Crippen LogP contribution in [0.2, 0.25) is 5.02 Å². The van der Waals surface area contributed by atoms with Gasteiger partial charge in [0.1, 0.15) is 17.5 Å². The van der Waals surface area contributed by atoms with Gasteiger partial charge >= 0.3 is 6.09 Å². The van der Waals surface area contributed by atoms with Gasteiger partial charge in [0.15, 0.2) is 0 Å². The first-order valence-electron chi connectivity index (χ1n) is 12.6. The largest absolute Gasteiger partial charge is 0.497 e. The third-order valence-electron chi connectivity index (χ3n) is 6.18. The summed E-state index contributed by atoms with van der Waals surface area (Å²) in [4.78, 5) is 32.2. The summed E-state index contributed by atoms with van der Waals surface area (Å²) in [6.07, 6.45) is -0.702.